The first-order valence-corrected chi connectivity index (χ1v) is 10.00. The number of nitriles is 1. The Balaban J connectivity index is 1.65. The maximum absolute atomic E-state index is 10.3. The molecular weight excluding hydrogens is 430 g/mol. The van der Waals surface area contributed by atoms with Crippen molar-refractivity contribution in [3.63, 3.8) is 0 Å². The molecule has 0 unspecified atom stereocenters. The second kappa shape index (κ2) is 10.9. The summed E-state index contributed by atoms with van der Waals surface area (Å²) in [6, 6.07) is 10.3. The number of aliphatic hydroxyl groups excluding tert-OH is 7. The van der Waals surface area contributed by atoms with Crippen LogP contribution in [0.2, 0.25) is 0 Å². The largest absolute Gasteiger partial charge is 0.394 e. The summed E-state index contributed by atoms with van der Waals surface area (Å²) in [4.78, 5) is 0. The molecule has 178 valence electrons. The Morgan fingerprint density at radius 1 is 0.812 bits per heavy atom. The Bertz CT molecular complexity index is 760. The lowest BCUT2D eigenvalue weighted by molar-refractivity contribution is -0.334. The van der Waals surface area contributed by atoms with Gasteiger partial charge in [-0.1, -0.05) is 30.3 Å². The predicted octanol–water partition coefficient (Wildman–Crippen LogP) is -3.11. The van der Waals surface area contributed by atoms with E-state index in [-0.39, 0.29) is 0 Å². The molecule has 11 atom stereocenters. The van der Waals surface area contributed by atoms with Crippen LogP contribution in [0.4, 0.5) is 0 Å². The molecule has 2 aliphatic heterocycles. The van der Waals surface area contributed by atoms with Crippen LogP contribution in [0.1, 0.15) is 11.7 Å². The standard InChI is InChI=1S/C20H27NO11/c21-6-10(9-4-2-1-3-5-9)30-20-18(28)16(26)14(24)12(32-20)8-29-19-17(27)15(25)13(23)11(7-22)31-19/h1-5,10-20,22-28H,7-8H2/t10-,11+,12+,13+,14+,15-,16-,17-,18+,19+,20+/m0/s1. The van der Waals surface area contributed by atoms with Gasteiger partial charge in [-0.25, -0.2) is 0 Å². The Labute approximate surface area is 183 Å². The van der Waals surface area contributed by atoms with Gasteiger partial charge in [0.15, 0.2) is 18.7 Å². The fourth-order valence-corrected chi connectivity index (χ4v) is 3.51. The summed E-state index contributed by atoms with van der Waals surface area (Å²) in [5.74, 6) is 0. The molecule has 0 aliphatic carbocycles. The van der Waals surface area contributed by atoms with Gasteiger partial charge in [0, 0.05) is 0 Å². The molecule has 2 heterocycles. The summed E-state index contributed by atoms with van der Waals surface area (Å²) < 4.78 is 21.6. The van der Waals surface area contributed by atoms with E-state index in [0.717, 1.165) is 0 Å². The fraction of sp³-hybridized carbons (Fsp3) is 0.650. The van der Waals surface area contributed by atoms with Gasteiger partial charge < -0.3 is 54.7 Å². The zero-order valence-corrected chi connectivity index (χ0v) is 16.9. The van der Waals surface area contributed by atoms with Gasteiger partial charge in [-0.2, -0.15) is 5.26 Å². The minimum absolute atomic E-state index is 0.487. The molecular formula is C20H27NO11. The number of nitrogens with zero attached hydrogens (tertiary/aromatic N) is 1. The van der Waals surface area contributed by atoms with Gasteiger partial charge in [0.25, 0.3) is 0 Å². The lowest BCUT2D eigenvalue weighted by Gasteiger charge is -2.43. The van der Waals surface area contributed by atoms with Crippen molar-refractivity contribution in [1.82, 2.24) is 0 Å². The van der Waals surface area contributed by atoms with Gasteiger partial charge in [-0.15, -0.1) is 0 Å². The third-order valence-corrected chi connectivity index (χ3v) is 5.43. The molecule has 12 heteroatoms. The van der Waals surface area contributed by atoms with Crippen LogP contribution in [-0.4, -0.2) is 110 Å². The Morgan fingerprint density at radius 2 is 1.38 bits per heavy atom. The van der Waals surface area contributed by atoms with Crippen LogP contribution in [0.5, 0.6) is 0 Å². The Hall–Kier alpha value is -1.73. The third kappa shape index (κ3) is 5.25. The van der Waals surface area contributed by atoms with Crippen molar-refractivity contribution in [2.24, 2.45) is 0 Å². The quantitative estimate of drug-likeness (QED) is 0.218. The van der Waals surface area contributed by atoms with Crippen LogP contribution in [0.25, 0.3) is 0 Å². The zero-order valence-electron chi connectivity index (χ0n) is 16.9. The van der Waals surface area contributed by atoms with E-state index in [1.54, 1.807) is 30.3 Å². The molecule has 3 rings (SSSR count). The molecule has 0 spiro atoms. The van der Waals surface area contributed by atoms with E-state index in [4.69, 9.17) is 18.9 Å². The first kappa shape index (κ1) is 24.9. The molecule has 0 aromatic heterocycles. The average molecular weight is 457 g/mol. The van der Waals surface area contributed by atoms with Crippen LogP contribution in [0.15, 0.2) is 30.3 Å². The van der Waals surface area contributed by atoms with Gasteiger partial charge in [0.05, 0.1) is 19.3 Å². The fourth-order valence-electron chi connectivity index (χ4n) is 3.51. The molecule has 7 N–H and O–H groups in total. The molecule has 2 saturated heterocycles. The SMILES string of the molecule is N#C[C@H](O[C@@H]1O[C@H](CO[C@@H]2O[C@H](CO)[C@@H](O)[C@H](O)[C@@H]2O)[C@@H](O)[C@H](O)[C@H]1O)c1ccccc1. The van der Waals surface area contributed by atoms with Crippen molar-refractivity contribution in [2.45, 2.75) is 67.5 Å². The molecule has 0 radical (unpaired) electrons. The van der Waals surface area contributed by atoms with Crippen LogP contribution < -0.4 is 0 Å². The number of benzene rings is 1. The van der Waals surface area contributed by atoms with Crippen molar-refractivity contribution in [2.75, 3.05) is 13.2 Å². The predicted molar refractivity (Wildman–Crippen MR) is 102 cm³/mol. The monoisotopic (exact) mass is 457 g/mol. The summed E-state index contributed by atoms with van der Waals surface area (Å²) in [5, 5.41) is 79.1. The number of rotatable bonds is 7. The summed E-state index contributed by atoms with van der Waals surface area (Å²) in [6.45, 7) is -1.14. The van der Waals surface area contributed by atoms with Crippen LogP contribution in [0, 0.1) is 11.3 Å². The van der Waals surface area contributed by atoms with Crippen LogP contribution in [-0.2, 0) is 18.9 Å². The van der Waals surface area contributed by atoms with E-state index >= 15 is 0 Å². The normalized spacial score (nSPS) is 41.1. The number of hydrogen-bond acceptors (Lipinski definition) is 12. The van der Waals surface area contributed by atoms with E-state index in [1.165, 1.54) is 0 Å². The zero-order chi connectivity index (χ0) is 23.4. The minimum atomic E-state index is -1.70. The summed E-state index contributed by atoms with van der Waals surface area (Å²) in [7, 11) is 0. The van der Waals surface area contributed by atoms with Gasteiger partial charge >= 0.3 is 0 Å². The van der Waals surface area contributed by atoms with Gasteiger partial charge in [0.2, 0.25) is 0 Å². The maximum atomic E-state index is 10.3. The van der Waals surface area contributed by atoms with E-state index < -0.39 is 80.7 Å². The molecule has 0 amide bonds. The van der Waals surface area contributed by atoms with Crippen molar-refractivity contribution < 1.29 is 54.7 Å². The van der Waals surface area contributed by atoms with Gasteiger partial charge in [-0.3, -0.25) is 0 Å². The Kier molecular flexibility index (Phi) is 8.50. The molecule has 1 aromatic carbocycles. The number of ether oxygens (including phenoxy) is 4. The molecule has 1 aromatic rings. The maximum Gasteiger partial charge on any atom is 0.188 e. The molecule has 0 saturated carbocycles. The van der Waals surface area contributed by atoms with Crippen molar-refractivity contribution in [1.29, 1.82) is 5.26 Å². The van der Waals surface area contributed by atoms with Crippen molar-refractivity contribution in [3.8, 4) is 6.07 Å². The van der Waals surface area contributed by atoms with Gasteiger partial charge in [0.1, 0.15) is 48.8 Å². The average Bonchev–Trinajstić information content (AvgIpc) is 2.81. The first-order chi connectivity index (χ1) is 15.3. The summed E-state index contributed by atoms with van der Waals surface area (Å²) in [6.07, 6.45) is -16.5. The van der Waals surface area contributed by atoms with Crippen molar-refractivity contribution >= 4 is 0 Å². The van der Waals surface area contributed by atoms with Crippen LogP contribution in [0.3, 0.4) is 0 Å². The molecule has 2 aliphatic rings. The second-order valence-corrected chi connectivity index (χ2v) is 7.60. The molecule has 0 bridgehead atoms. The number of aliphatic hydroxyl groups is 7. The summed E-state index contributed by atoms with van der Waals surface area (Å²) in [5.41, 5.74) is 0.487. The highest BCUT2D eigenvalue weighted by molar-refractivity contribution is 5.22. The highest BCUT2D eigenvalue weighted by Crippen LogP contribution is 2.28. The lowest BCUT2D eigenvalue weighted by Crippen LogP contribution is -2.61. The second-order valence-electron chi connectivity index (χ2n) is 7.60. The highest BCUT2D eigenvalue weighted by atomic mass is 16.7. The molecule has 32 heavy (non-hydrogen) atoms. The smallest absolute Gasteiger partial charge is 0.188 e. The van der Waals surface area contributed by atoms with E-state index in [1.807, 2.05) is 6.07 Å². The minimum Gasteiger partial charge on any atom is -0.394 e. The van der Waals surface area contributed by atoms with E-state index in [9.17, 15) is 41.0 Å². The van der Waals surface area contributed by atoms with E-state index in [2.05, 4.69) is 0 Å². The molecule has 2 fully saturated rings. The Morgan fingerprint density at radius 3 is 1.97 bits per heavy atom. The lowest BCUT2D eigenvalue weighted by atomic mass is 9.98. The molecule has 12 nitrogen and oxygen atoms in total. The topological polar surface area (TPSA) is 202 Å². The van der Waals surface area contributed by atoms with Crippen molar-refractivity contribution in [3.05, 3.63) is 35.9 Å². The highest BCUT2D eigenvalue weighted by Gasteiger charge is 2.48. The van der Waals surface area contributed by atoms with Crippen LogP contribution >= 0.6 is 0 Å². The first-order valence-electron chi connectivity index (χ1n) is 10.00. The van der Waals surface area contributed by atoms with Gasteiger partial charge in [-0.05, 0) is 5.56 Å². The number of hydrogen-bond donors (Lipinski definition) is 7. The third-order valence-electron chi connectivity index (χ3n) is 5.43. The summed E-state index contributed by atoms with van der Waals surface area (Å²) >= 11 is 0. The van der Waals surface area contributed by atoms with E-state index in [0.29, 0.717) is 5.56 Å².